The minimum atomic E-state index is -1.76. The highest BCUT2D eigenvalue weighted by Crippen LogP contribution is 2.43. The van der Waals surface area contributed by atoms with Crippen LogP contribution in [0.3, 0.4) is 0 Å². The smallest absolute Gasteiger partial charge is 0.311 e. The van der Waals surface area contributed by atoms with Crippen molar-refractivity contribution in [3.05, 3.63) is 0 Å². The highest BCUT2D eigenvalue weighted by atomic mass is 16.7. The number of terminal acetylenes is 1. The van der Waals surface area contributed by atoms with Gasteiger partial charge in [-0.3, -0.25) is 9.69 Å². The van der Waals surface area contributed by atoms with Crippen molar-refractivity contribution in [1.82, 2.24) is 9.80 Å². The van der Waals surface area contributed by atoms with Crippen LogP contribution in [0.1, 0.15) is 60.8 Å². The van der Waals surface area contributed by atoms with Gasteiger partial charge in [0.05, 0.1) is 36.9 Å². The van der Waals surface area contributed by atoms with E-state index in [1.54, 1.807) is 27.7 Å². The fourth-order valence-corrected chi connectivity index (χ4v) is 6.69. The summed E-state index contributed by atoms with van der Waals surface area (Å²) in [5.74, 6) is 0.380. The zero-order chi connectivity index (χ0) is 31.7. The number of likely N-dealkylation sites (N-methyl/N-ethyl adjacent to an activating group) is 2. The monoisotopic (exact) mass is 598 g/mol. The van der Waals surface area contributed by atoms with Gasteiger partial charge in [-0.05, 0) is 61.7 Å². The van der Waals surface area contributed by atoms with E-state index in [2.05, 4.69) is 5.92 Å². The predicted octanol–water partition coefficient (Wildman–Crippen LogP) is 0.607. The molecule has 0 bridgehead atoms. The summed E-state index contributed by atoms with van der Waals surface area (Å²) in [6.45, 7) is 11.0. The van der Waals surface area contributed by atoms with Crippen LogP contribution in [-0.4, -0.2) is 137 Å². The molecule has 0 aromatic carbocycles. The summed E-state index contributed by atoms with van der Waals surface area (Å²) in [5.41, 5.74) is -2.67. The Morgan fingerprint density at radius 3 is 2.31 bits per heavy atom. The van der Waals surface area contributed by atoms with Gasteiger partial charge in [0.25, 0.3) is 0 Å². The summed E-state index contributed by atoms with van der Waals surface area (Å²) >= 11 is 0. The Labute approximate surface area is 251 Å². The third kappa shape index (κ3) is 7.31. The van der Waals surface area contributed by atoms with Gasteiger partial charge in [0.15, 0.2) is 6.29 Å². The Bertz CT molecular complexity index is 951. The molecule has 242 valence electrons. The van der Waals surface area contributed by atoms with Gasteiger partial charge in [0.1, 0.15) is 23.4 Å². The minimum Gasteiger partial charge on any atom is -0.459 e. The van der Waals surface area contributed by atoms with Crippen molar-refractivity contribution in [2.75, 3.05) is 34.3 Å². The number of rotatable bonds is 4. The first-order valence-electron chi connectivity index (χ1n) is 15.2. The van der Waals surface area contributed by atoms with E-state index in [1.165, 1.54) is 6.92 Å². The quantitative estimate of drug-likeness (QED) is 0.205. The maximum Gasteiger partial charge on any atom is 0.311 e. The van der Waals surface area contributed by atoms with Crippen LogP contribution in [0.2, 0.25) is 0 Å². The Morgan fingerprint density at radius 2 is 1.79 bits per heavy atom. The van der Waals surface area contributed by atoms with Crippen molar-refractivity contribution in [1.29, 1.82) is 0 Å². The van der Waals surface area contributed by atoms with Crippen LogP contribution in [0.5, 0.6) is 0 Å². The molecule has 0 aromatic rings. The SMILES string of the molecule is C#C[C@H]1CN(C)[C@H](C)[C@@H](O)[C@](C)(O)[C@@H](CC)OC(=O)[C@H](C)[C@@H](O[C@H]2CC(N(C)C)[C@H](O)C(C)O2)[C@H](C)[C@@H](O)[C@@]2(CO2)C1. The first kappa shape index (κ1) is 35.2. The van der Waals surface area contributed by atoms with E-state index in [0.29, 0.717) is 26.0 Å². The maximum atomic E-state index is 13.7. The number of ether oxygens (including phenoxy) is 4. The molecule has 0 amide bonds. The highest BCUT2D eigenvalue weighted by Gasteiger charge is 2.57. The van der Waals surface area contributed by atoms with Gasteiger partial charge in [-0.2, -0.15) is 0 Å². The van der Waals surface area contributed by atoms with Gasteiger partial charge in [0.2, 0.25) is 0 Å². The molecule has 0 radical (unpaired) electrons. The lowest BCUT2D eigenvalue weighted by molar-refractivity contribution is -0.266. The molecule has 3 rings (SSSR count). The normalized spacial score (nSPS) is 48.3. The molecule has 1 spiro atoms. The van der Waals surface area contributed by atoms with E-state index in [4.69, 9.17) is 25.4 Å². The molecule has 0 aromatic heterocycles. The highest BCUT2D eigenvalue weighted by molar-refractivity contribution is 5.73. The van der Waals surface area contributed by atoms with Crippen LogP contribution in [0, 0.1) is 30.1 Å². The van der Waals surface area contributed by atoms with E-state index in [1.807, 2.05) is 37.9 Å². The van der Waals surface area contributed by atoms with Crippen molar-refractivity contribution in [3.63, 3.8) is 0 Å². The Kier molecular flexibility index (Phi) is 11.5. The zero-order valence-corrected chi connectivity index (χ0v) is 26.8. The lowest BCUT2D eigenvalue weighted by Crippen LogP contribution is -2.59. The van der Waals surface area contributed by atoms with E-state index >= 15 is 0 Å². The Balaban J connectivity index is 2.00. The summed E-state index contributed by atoms with van der Waals surface area (Å²) in [4.78, 5) is 17.5. The number of epoxide rings is 1. The standard InChI is InChI=1S/C31H54N2O9/c1-11-21-14-31(16-39-31)27(35)17(3)26(42-24-13-22(32(8)9)25(34)20(6)40-24)18(4)29(37)41-23(12-2)30(7,38)28(36)19(5)33(10)15-21/h1,17-28,34-36,38H,12-16H2,2-10H3/t17-,18+,19+,20?,21+,22?,23+,24-,25+,26-,27+,28+,30+,31-/m0/s1. The fraction of sp³-hybridized carbons (Fsp3) is 0.903. The third-order valence-electron chi connectivity index (χ3n) is 9.95. The second kappa shape index (κ2) is 13.8. The molecule has 11 nitrogen and oxygen atoms in total. The van der Waals surface area contributed by atoms with Gasteiger partial charge in [0, 0.05) is 36.9 Å². The molecule has 0 aliphatic carbocycles. The lowest BCUT2D eigenvalue weighted by Gasteiger charge is -2.44. The number of esters is 1. The predicted molar refractivity (Wildman–Crippen MR) is 156 cm³/mol. The number of nitrogens with zero attached hydrogens (tertiary/aromatic N) is 2. The number of carbonyl (C=O) groups is 1. The molecule has 0 saturated carbocycles. The van der Waals surface area contributed by atoms with Crippen LogP contribution in [0.4, 0.5) is 0 Å². The second-order valence-corrected chi connectivity index (χ2v) is 13.3. The maximum absolute atomic E-state index is 13.7. The first-order valence-corrected chi connectivity index (χ1v) is 15.2. The van der Waals surface area contributed by atoms with Crippen LogP contribution in [0.15, 0.2) is 0 Å². The zero-order valence-electron chi connectivity index (χ0n) is 26.8. The van der Waals surface area contributed by atoms with Crippen LogP contribution in [-0.2, 0) is 23.7 Å². The summed E-state index contributed by atoms with van der Waals surface area (Å²) < 4.78 is 24.3. The molecule has 11 heteroatoms. The largest absolute Gasteiger partial charge is 0.459 e. The van der Waals surface area contributed by atoms with Crippen LogP contribution < -0.4 is 0 Å². The third-order valence-corrected chi connectivity index (χ3v) is 9.95. The summed E-state index contributed by atoms with van der Waals surface area (Å²) in [6, 6.07) is -0.759. The second-order valence-electron chi connectivity index (χ2n) is 13.3. The lowest BCUT2D eigenvalue weighted by atomic mass is 9.80. The van der Waals surface area contributed by atoms with Crippen molar-refractivity contribution in [3.8, 4) is 12.3 Å². The Hall–Kier alpha value is -1.33. The van der Waals surface area contributed by atoms with Crippen molar-refractivity contribution < 1.29 is 44.2 Å². The molecule has 4 N–H and O–H groups in total. The number of carbonyl (C=O) groups excluding carboxylic acids is 1. The van der Waals surface area contributed by atoms with E-state index < -0.39 is 78.0 Å². The summed E-state index contributed by atoms with van der Waals surface area (Å²) in [6.07, 6.45) is 0.757. The molecule has 42 heavy (non-hydrogen) atoms. The number of cyclic esters (lactones) is 1. The molecule has 3 aliphatic heterocycles. The van der Waals surface area contributed by atoms with Crippen LogP contribution >= 0.6 is 0 Å². The van der Waals surface area contributed by atoms with E-state index in [0.717, 1.165) is 0 Å². The van der Waals surface area contributed by atoms with Gasteiger partial charge in [-0.1, -0.05) is 13.8 Å². The molecule has 3 heterocycles. The van der Waals surface area contributed by atoms with Crippen molar-refractivity contribution in [2.24, 2.45) is 17.8 Å². The first-order chi connectivity index (χ1) is 19.5. The number of hydrogen-bond donors (Lipinski definition) is 4. The van der Waals surface area contributed by atoms with E-state index in [9.17, 15) is 25.2 Å². The van der Waals surface area contributed by atoms with Crippen molar-refractivity contribution in [2.45, 2.75) is 127 Å². The van der Waals surface area contributed by atoms with Crippen molar-refractivity contribution >= 4 is 5.97 Å². The number of aliphatic hydroxyl groups is 4. The van der Waals surface area contributed by atoms with Gasteiger partial charge < -0.3 is 44.3 Å². The van der Waals surface area contributed by atoms with Gasteiger partial charge >= 0.3 is 5.97 Å². The Morgan fingerprint density at radius 1 is 1.17 bits per heavy atom. The average Bonchev–Trinajstić information content (AvgIpc) is 3.73. The molecule has 2 unspecified atom stereocenters. The fourth-order valence-electron chi connectivity index (χ4n) is 6.69. The summed E-state index contributed by atoms with van der Waals surface area (Å²) in [7, 11) is 5.56. The van der Waals surface area contributed by atoms with E-state index in [-0.39, 0.29) is 18.4 Å². The summed E-state index contributed by atoms with van der Waals surface area (Å²) in [5, 5.41) is 45.2. The van der Waals surface area contributed by atoms with Crippen LogP contribution in [0.25, 0.3) is 0 Å². The molecular weight excluding hydrogens is 544 g/mol. The van der Waals surface area contributed by atoms with Gasteiger partial charge in [-0.25, -0.2) is 0 Å². The average molecular weight is 599 g/mol. The molecule has 14 atom stereocenters. The molecule has 3 fully saturated rings. The molecule has 3 saturated heterocycles. The topological polar surface area (TPSA) is 145 Å². The number of hydrogen-bond acceptors (Lipinski definition) is 11. The molecular formula is C31H54N2O9. The molecule has 3 aliphatic rings. The minimum absolute atomic E-state index is 0.238. The number of aliphatic hydroxyl groups excluding tert-OH is 3. The van der Waals surface area contributed by atoms with Gasteiger partial charge in [-0.15, -0.1) is 12.3 Å².